The monoisotopic (exact) mass is 555 g/mol. The van der Waals surface area contributed by atoms with E-state index in [1.54, 1.807) is 48.5 Å². The van der Waals surface area contributed by atoms with E-state index in [1.165, 1.54) is 42.2 Å². The number of sulfonamides is 1. The fourth-order valence-electron chi connectivity index (χ4n) is 3.91. The number of anilines is 1. The van der Waals surface area contributed by atoms with Crippen molar-refractivity contribution in [3.63, 3.8) is 0 Å². The molecule has 0 radical (unpaired) electrons. The summed E-state index contributed by atoms with van der Waals surface area (Å²) in [6.45, 7) is 5.29. The molecular weight excluding hydrogens is 521 g/mol. The van der Waals surface area contributed by atoms with Crippen molar-refractivity contribution in [2.75, 3.05) is 24.0 Å². The molecule has 1 unspecified atom stereocenters. The molecule has 39 heavy (non-hydrogen) atoms. The van der Waals surface area contributed by atoms with Crippen molar-refractivity contribution in [3.05, 3.63) is 90.2 Å². The van der Waals surface area contributed by atoms with Gasteiger partial charge in [0.1, 0.15) is 24.2 Å². The lowest BCUT2D eigenvalue weighted by Gasteiger charge is -2.32. The Kier molecular flexibility index (Phi) is 10.4. The maximum atomic E-state index is 14.6. The first-order valence-corrected chi connectivity index (χ1v) is 14.2. The Morgan fingerprint density at radius 2 is 1.59 bits per heavy atom. The third kappa shape index (κ3) is 7.57. The number of carbonyl (C=O) groups is 2. The van der Waals surface area contributed by atoms with Crippen LogP contribution in [0.5, 0.6) is 5.75 Å². The maximum absolute atomic E-state index is 14.6. The topological polar surface area (TPSA) is 96.0 Å². The number of ether oxygens (including phenoxy) is 1. The molecule has 3 aromatic rings. The fourth-order valence-corrected chi connectivity index (χ4v) is 5.33. The molecule has 0 aromatic heterocycles. The Balaban J connectivity index is 1.99. The van der Waals surface area contributed by atoms with Crippen molar-refractivity contribution < 1.29 is 27.1 Å². The van der Waals surface area contributed by atoms with Gasteiger partial charge in [0.2, 0.25) is 11.8 Å². The molecule has 3 rings (SSSR count). The molecule has 0 fully saturated rings. The van der Waals surface area contributed by atoms with Gasteiger partial charge in [-0.1, -0.05) is 43.3 Å². The van der Waals surface area contributed by atoms with Gasteiger partial charge in [-0.2, -0.15) is 0 Å². The number of rotatable bonds is 13. The number of hydrogen-bond donors (Lipinski definition) is 1. The second-order valence-electron chi connectivity index (χ2n) is 8.83. The minimum absolute atomic E-state index is 0.0306. The molecule has 1 atom stereocenters. The van der Waals surface area contributed by atoms with Gasteiger partial charge in [0.25, 0.3) is 10.0 Å². The molecule has 0 aliphatic heterocycles. The molecule has 0 saturated heterocycles. The summed E-state index contributed by atoms with van der Waals surface area (Å²) in [4.78, 5) is 27.8. The van der Waals surface area contributed by atoms with E-state index in [9.17, 15) is 22.4 Å². The first kappa shape index (κ1) is 29.6. The van der Waals surface area contributed by atoms with Crippen LogP contribution >= 0.6 is 0 Å². The van der Waals surface area contributed by atoms with Gasteiger partial charge in [-0.3, -0.25) is 13.9 Å². The van der Waals surface area contributed by atoms with Crippen molar-refractivity contribution in [2.45, 2.75) is 44.7 Å². The number of benzene rings is 3. The zero-order chi connectivity index (χ0) is 28.4. The molecule has 2 amide bonds. The lowest BCUT2D eigenvalue weighted by Crippen LogP contribution is -2.51. The SMILES string of the molecule is CCCNC(=O)C(C)N(Cc1ccccc1F)C(=O)CN(c1ccccc1)S(=O)(=O)c1ccc(OCC)cc1. The molecule has 1 N–H and O–H groups in total. The fraction of sp³-hybridized carbons (Fsp3) is 0.310. The Labute approximate surface area is 229 Å². The Morgan fingerprint density at radius 1 is 0.949 bits per heavy atom. The summed E-state index contributed by atoms with van der Waals surface area (Å²) in [5, 5.41) is 2.75. The van der Waals surface area contributed by atoms with Gasteiger partial charge in [0, 0.05) is 18.7 Å². The van der Waals surface area contributed by atoms with Crippen LogP contribution in [0, 0.1) is 5.82 Å². The van der Waals surface area contributed by atoms with Crippen LogP contribution in [0.3, 0.4) is 0 Å². The van der Waals surface area contributed by atoms with Gasteiger partial charge < -0.3 is 15.0 Å². The molecule has 0 heterocycles. The highest BCUT2D eigenvalue weighted by Gasteiger charge is 2.32. The van der Waals surface area contributed by atoms with Crippen molar-refractivity contribution in [3.8, 4) is 5.75 Å². The number of amides is 2. The third-order valence-electron chi connectivity index (χ3n) is 6.06. The molecule has 0 bridgehead atoms. The van der Waals surface area contributed by atoms with Gasteiger partial charge in [-0.15, -0.1) is 0 Å². The van der Waals surface area contributed by atoms with E-state index >= 15 is 0 Å². The average Bonchev–Trinajstić information content (AvgIpc) is 2.94. The number of halogens is 1. The van der Waals surface area contributed by atoms with Crippen molar-refractivity contribution >= 4 is 27.5 Å². The first-order valence-electron chi connectivity index (χ1n) is 12.8. The predicted molar refractivity (Wildman–Crippen MR) is 148 cm³/mol. The van der Waals surface area contributed by atoms with E-state index in [4.69, 9.17) is 4.74 Å². The average molecular weight is 556 g/mol. The van der Waals surface area contributed by atoms with E-state index in [0.717, 1.165) is 4.31 Å². The highest BCUT2D eigenvalue weighted by molar-refractivity contribution is 7.92. The predicted octanol–water partition coefficient (Wildman–Crippen LogP) is 4.36. The largest absolute Gasteiger partial charge is 0.494 e. The summed E-state index contributed by atoms with van der Waals surface area (Å²) in [6, 6.07) is 19.1. The van der Waals surface area contributed by atoms with Crippen LogP contribution in [-0.2, 0) is 26.2 Å². The van der Waals surface area contributed by atoms with Crippen LogP contribution in [0.25, 0.3) is 0 Å². The minimum Gasteiger partial charge on any atom is -0.494 e. The normalized spacial score (nSPS) is 11.9. The smallest absolute Gasteiger partial charge is 0.264 e. The second-order valence-corrected chi connectivity index (χ2v) is 10.7. The van der Waals surface area contributed by atoms with E-state index in [-0.39, 0.29) is 22.7 Å². The molecule has 3 aromatic carbocycles. The summed E-state index contributed by atoms with van der Waals surface area (Å²) in [5.74, 6) is -1.09. The molecule has 0 aliphatic carbocycles. The number of carbonyl (C=O) groups excluding carboxylic acids is 2. The number of hydrogen-bond acceptors (Lipinski definition) is 5. The van der Waals surface area contributed by atoms with Crippen molar-refractivity contribution in [1.29, 1.82) is 0 Å². The standard InChI is InChI=1S/C29H34FN3O5S/c1-4-19-31-29(35)22(3)32(20-23-11-9-10-14-27(23)30)28(34)21-33(24-12-7-6-8-13-24)39(36,37)26-17-15-25(16-18-26)38-5-2/h6-18,22H,4-5,19-21H2,1-3H3,(H,31,35). The Bertz CT molecular complexity index is 1350. The third-order valence-corrected chi connectivity index (χ3v) is 7.85. The first-order chi connectivity index (χ1) is 18.7. The van der Waals surface area contributed by atoms with Gasteiger partial charge in [0.05, 0.1) is 17.2 Å². The second kappa shape index (κ2) is 13.7. The Hall–Kier alpha value is -3.92. The molecule has 0 spiro atoms. The van der Waals surface area contributed by atoms with E-state index < -0.39 is 40.2 Å². The van der Waals surface area contributed by atoms with Crippen LogP contribution in [-0.4, -0.2) is 50.9 Å². The van der Waals surface area contributed by atoms with Crippen molar-refractivity contribution in [2.24, 2.45) is 0 Å². The quantitative estimate of drug-likeness (QED) is 0.338. The minimum atomic E-state index is -4.20. The maximum Gasteiger partial charge on any atom is 0.264 e. The zero-order valence-corrected chi connectivity index (χ0v) is 23.2. The summed E-state index contributed by atoms with van der Waals surface area (Å²) in [7, 11) is -4.20. The van der Waals surface area contributed by atoms with E-state index in [1.807, 2.05) is 13.8 Å². The number of nitrogens with zero attached hydrogens (tertiary/aromatic N) is 2. The number of nitrogens with one attached hydrogen (secondary N) is 1. The van der Waals surface area contributed by atoms with Gasteiger partial charge in [-0.05, 0) is 62.7 Å². The molecule has 208 valence electrons. The van der Waals surface area contributed by atoms with Crippen LogP contribution in [0.15, 0.2) is 83.8 Å². The molecular formula is C29H34FN3O5S. The van der Waals surface area contributed by atoms with E-state index in [0.29, 0.717) is 25.3 Å². The Morgan fingerprint density at radius 3 is 2.21 bits per heavy atom. The summed E-state index contributed by atoms with van der Waals surface area (Å²) < 4.78 is 48.6. The van der Waals surface area contributed by atoms with Crippen LogP contribution < -0.4 is 14.4 Å². The molecule has 0 saturated carbocycles. The van der Waals surface area contributed by atoms with Crippen molar-refractivity contribution in [1.82, 2.24) is 10.2 Å². The van der Waals surface area contributed by atoms with Gasteiger partial charge >= 0.3 is 0 Å². The molecule has 0 aliphatic rings. The molecule has 8 nitrogen and oxygen atoms in total. The highest BCUT2D eigenvalue weighted by Crippen LogP contribution is 2.26. The molecule has 10 heteroatoms. The summed E-state index contributed by atoms with van der Waals surface area (Å²) >= 11 is 0. The number of para-hydroxylation sites is 1. The van der Waals surface area contributed by atoms with Crippen LogP contribution in [0.2, 0.25) is 0 Å². The van der Waals surface area contributed by atoms with E-state index in [2.05, 4.69) is 5.32 Å². The van der Waals surface area contributed by atoms with Gasteiger partial charge in [0.15, 0.2) is 0 Å². The lowest BCUT2D eigenvalue weighted by molar-refractivity contribution is -0.139. The summed E-state index contributed by atoms with van der Waals surface area (Å²) in [5.41, 5.74) is 0.482. The summed E-state index contributed by atoms with van der Waals surface area (Å²) in [6.07, 6.45) is 0.696. The zero-order valence-electron chi connectivity index (χ0n) is 22.3. The highest BCUT2D eigenvalue weighted by atomic mass is 32.2. The van der Waals surface area contributed by atoms with Gasteiger partial charge in [-0.25, -0.2) is 12.8 Å². The lowest BCUT2D eigenvalue weighted by atomic mass is 10.1. The van der Waals surface area contributed by atoms with Crippen LogP contribution in [0.1, 0.15) is 32.8 Å². The van der Waals surface area contributed by atoms with Crippen LogP contribution in [0.4, 0.5) is 10.1 Å².